The highest BCUT2D eigenvalue weighted by Gasteiger charge is 2.35. The van der Waals surface area contributed by atoms with Crippen LogP contribution in [0.3, 0.4) is 0 Å². The number of carboxylic acid groups (broad SMARTS) is 1. The molecule has 1 aromatic rings. The number of hydrogen-bond acceptors (Lipinski definition) is 4. The molecule has 24 heavy (non-hydrogen) atoms. The third-order valence-corrected chi connectivity index (χ3v) is 4.39. The van der Waals surface area contributed by atoms with Gasteiger partial charge in [-0.25, -0.2) is 4.79 Å². The summed E-state index contributed by atoms with van der Waals surface area (Å²) >= 11 is 0. The summed E-state index contributed by atoms with van der Waals surface area (Å²) in [6.07, 6.45) is 0. The number of aliphatic carboxylic acids is 1. The standard InChI is InChI=1S/C17H23N3O4/c1-10-4-5-13(6-11(10)2)18-17(24)19-15(21)9-20-7-12(3)14(8-20)16(22)23/h4-6,12,14H,7-9H2,1-3H3,(H,22,23)(H2,18,19,21,24)/t12-,14-/m1/s1. The van der Waals surface area contributed by atoms with Crippen molar-refractivity contribution in [3.05, 3.63) is 29.3 Å². The molecule has 0 unspecified atom stereocenters. The second kappa shape index (κ2) is 7.44. The van der Waals surface area contributed by atoms with Gasteiger partial charge in [0, 0.05) is 18.8 Å². The van der Waals surface area contributed by atoms with Crippen LogP contribution in [0.4, 0.5) is 10.5 Å². The molecule has 1 heterocycles. The Hall–Kier alpha value is -2.41. The molecular formula is C17H23N3O4. The van der Waals surface area contributed by atoms with Gasteiger partial charge in [0.05, 0.1) is 12.5 Å². The fourth-order valence-electron chi connectivity index (χ4n) is 2.87. The Kier molecular flexibility index (Phi) is 5.56. The minimum absolute atomic E-state index is 0.00840. The van der Waals surface area contributed by atoms with Crippen LogP contribution in [0.1, 0.15) is 18.1 Å². The smallest absolute Gasteiger partial charge is 0.325 e. The van der Waals surface area contributed by atoms with Gasteiger partial charge in [0.1, 0.15) is 0 Å². The van der Waals surface area contributed by atoms with Crippen LogP contribution in [0.25, 0.3) is 0 Å². The number of nitrogens with one attached hydrogen (secondary N) is 2. The normalized spacial score (nSPS) is 20.6. The first-order valence-electron chi connectivity index (χ1n) is 7.89. The van der Waals surface area contributed by atoms with Crippen LogP contribution in [-0.4, -0.2) is 47.5 Å². The number of urea groups is 1. The van der Waals surface area contributed by atoms with Gasteiger partial charge in [-0.3, -0.25) is 19.8 Å². The van der Waals surface area contributed by atoms with Gasteiger partial charge < -0.3 is 10.4 Å². The molecule has 0 radical (unpaired) electrons. The first-order valence-corrected chi connectivity index (χ1v) is 7.89. The quantitative estimate of drug-likeness (QED) is 0.777. The molecule has 2 atom stereocenters. The number of hydrogen-bond donors (Lipinski definition) is 3. The maximum atomic E-state index is 11.9. The lowest BCUT2D eigenvalue weighted by molar-refractivity contribution is -0.142. The number of amides is 3. The first-order chi connectivity index (χ1) is 11.3. The number of imide groups is 1. The number of anilines is 1. The molecule has 7 nitrogen and oxygen atoms in total. The molecule has 3 N–H and O–H groups in total. The molecule has 1 aliphatic rings. The minimum atomic E-state index is -0.849. The average Bonchev–Trinajstić information content (AvgIpc) is 2.83. The number of carbonyl (C=O) groups excluding carboxylic acids is 2. The van der Waals surface area contributed by atoms with E-state index < -0.39 is 23.8 Å². The number of benzene rings is 1. The van der Waals surface area contributed by atoms with Crippen molar-refractivity contribution in [2.24, 2.45) is 11.8 Å². The van der Waals surface area contributed by atoms with Crippen LogP contribution in [0.15, 0.2) is 18.2 Å². The van der Waals surface area contributed by atoms with Crippen molar-refractivity contribution >= 4 is 23.6 Å². The van der Waals surface area contributed by atoms with E-state index in [1.165, 1.54) is 0 Å². The zero-order valence-corrected chi connectivity index (χ0v) is 14.1. The highest BCUT2D eigenvalue weighted by atomic mass is 16.4. The van der Waals surface area contributed by atoms with Gasteiger partial charge in [0.2, 0.25) is 5.91 Å². The summed E-state index contributed by atoms with van der Waals surface area (Å²) in [6, 6.07) is 4.90. The average molecular weight is 333 g/mol. The zero-order valence-electron chi connectivity index (χ0n) is 14.1. The minimum Gasteiger partial charge on any atom is -0.481 e. The number of aryl methyl sites for hydroxylation is 2. The molecule has 1 saturated heterocycles. The maximum absolute atomic E-state index is 11.9. The van der Waals surface area contributed by atoms with E-state index in [0.717, 1.165) is 11.1 Å². The van der Waals surface area contributed by atoms with E-state index in [4.69, 9.17) is 5.11 Å². The number of carbonyl (C=O) groups is 3. The predicted molar refractivity (Wildman–Crippen MR) is 89.8 cm³/mol. The SMILES string of the molecule is Cc1ccc(NC(=O)NC(=O)CN2C[C@@H](C)[C@H](C(=O)O)C2)cc1C. The molecule has 7 heteroatoms. The highest BCUT2D eigenvalue weighted by Crippen LogP contribution is 2.22. The Morgan fingerprint density at radius 3 is 2.50 bits per heavy atom. The molecule has 0 bridgehead atoms. The third kappa shape index (κ3) is 4.55. The van der Waals surface area contributed by atoms with E-state index >= 15 is 0 Å². The molecule has 3 amide bonds. The van der Waals surface area contributed by atoms with E-state index in [0.29, 0.717) is 18.8 Å². The van der Waals surface area contributed by atoms with E-state index in [-0.39, 0.29) is 12.5 Å². The van der Waals surface area contributed by atoms with E-state index in [2.05, 4.69) is 10.6 Å². The number of likely N-dealkylation sites (tertiary alicyclic amines) is 1. The van der Waals surface area contributed by atoms with E-state index in [9.17, 15) is 14.4 Å². The van der Waals surface area contributed by atoms with Gasteiger partial charge in [0.15, 0.2) is 0 Å². The molecule has 0 aromatic heterocycles. The van der Waals surface area contributed by atoms with Crippen molar-refractivity contribution in [2.45, 2.75) is 20.8 Å². The lowest BCUT2D eigenvalue weighted by atomic mass is 9.99. The molecule has 1 aromatic carbocycles. The van der Waals surface area contributed by atoms with Crippen LogP contribution in [0.2, 0.25) is 0 Å². The molecular weight excluding hydrogens is 310 g/mol. The Morgan fingerprint density at radius 1 is 1.21 bits per heavy atom. The summed E-state index contributed by atoms with van der Waals surface area (Å²) in [6.45, 7) is 6.63. The fourth-order valence-corrected chi connectivity index (χ4v) is 2.87. The van der Waals surface area contributed by atoms with Gasteiger partial charge in [-0.2, -0.15) is 0 Å². The van der Waals surface area contributed by atoms with Crippen LogP contribution in [-0.2, 0) is 9.59 Å². The lowest BCUT2D eigenvalue weighted by Gasteiger charge is -2.14. The van der Waals surface area contributed by atoms with Gasteiger partial charge in [-0.15, -0.1) is 0 Å². The van der Waals surface area contributed by atoms with Crippen LogP contribution in [0.5, 0.6) is 0 Å². The summed E-state index contributed by atoms with van der Waals surface area (Å²) in [4.78, 5) is 36.7. The van der Waals surface area contributed by atoms with Crippen LogP contribution < -0.4 is 10.6 Å². The Labute approximate surface area is 141 Å². The summed E-state index contributed by atoms with van der Waals surface area (Å²) in [7, 11) is 0. The molecule has 0 spiro atoms. The predicted octanol–water partition coefficient (Wildman–Crippen LogP) is 1.60. The Balaban J connectivity index is 1.83. The Morgan fingerprint density at radius 2 is 1.92 bits per heavy atom. The maximum Gasteiger partial charge on any atom is 0.325 e. The van der Waals surface area contributed by atoms with Crippen molar-refractivity contribution in [1.82, 2.24) is 10.2 Å². The molecule has 0 saturated carbocycles. The van der Waals surface area contributed by atoms with Crippen molar-refractivity contribution in [1.29, 1.82) is 0 Å². The first kappa shape index (κ1) is 17.9. The summed E-state index contributed by atoms with van der Waals surface area (Å²) in [5, 5.41) is 14.0. The van der Waals surface area contributed by atoms with Gasteiger partial charge in [0.25, 0.3) is 0 Å². The largest absolute Gasteiger partial charge is 0.481 e. The van der Waals surface area contributed by atoms with E-state index in [1.807, 2.05) is 32.9 Å². The number of carboxylic acids is 1. The molecule has 130 valence electrons. The summed E-state index contributed by atoms with van der Waals surface area (Å²) < 4.78 is 0. The highest BCUT2D eigenvalue weighted by molar-refractivity contribution is 6.01. The second-order valence-corrected chi connectivity index (χ2v) is 6.42. The topological polar surface area (TPSA) is 98.7 Å². The Bertz CT molecular complexity index is 659. The van der Waals surface area contributed by atoms with Crippen molar-refractivity contribution in [3.63, 3.8) is 0 Å². The fraction of sp³-hybridized carbons (Fsp3) is 0.471. The second-order valence-electron chi connectivity index (χ2n) is 6.42. The van der Waals surface area contributed by atoms with Gasteiger partial charge in [-0.05, 0) is 43.0 Å². The van der Waals surface area contributed by atoms with Gasteiger partial charge in [-0.1, -0.05) is 13.0 Å². The monoisotopic (exact) mass is 333 g/mol. The molecule has 2 rings (SSSR count). The van der Waals surface area contributed by atoms with E-state index in [1.54, 1.807) is 11.0 Å². The summed E-state index contributed by atoms with van der Waals surface area (Å²) in [5.74, 6) is -1.78. The molecule has 0 aliphatic carbocycles. The summed E-state index contributed by atoms with van der Waals surface area (Å²) in [5.41, 5.74) is 2.78. The van der Waals surface area contributed by atoms with Crippen molar-refractivity contribution in [3.8, 4) is 0 Å². The molecule has 1 fully saturated rings. The van der Waals surface area contributed by atoms with Crippen molar-refractivity contribution < 1.29 is 19.5 Å². The van der Waals surface area contributed by atoms with Crippen LogP contribution in [0, 0.1) is 25.7 Å². The number of nitrogens with zero attached hydrogens (tertiary/aromatic N) is 1. The zero-order chi connectivity index (χ0) is 17.9. The number of rotatable bonds is 4. The third-order valence-electron chi connectivity index (χ3n) is 4.39. The van der Waals surface area contributed by atoms with Crippen molar-refractivity contribution in [2.75, 3.05) is 25.0 Å². The van der Waals surface area contributed by atoms with Gasteiger partial charge >= 0.3 is 12.0 Å². The lowest BCUT2D eigenvalue weighted by Crippen LogP contribution is -2.41. The van der Waals surface area contributed by atoms with Crippen LogP contribution >= 0.6 is 0 Å². The molecule has 1 aliphatic heterocycles.